The van der Waals surface area contributed by atoms with Crippen LogP contribution in [-0.2, 0) is 33.9 Å². The molecule has 0 aromatic heterocycles. The number of anilines is 1. The number of nitrogens with one attached hydrogen (secondary N) is 2. The largest absolute Gasteiger partial charge is 0.508 e. The van der Waals surface area contributed by atoms with E-state index in [4.69, 9.17) is 0 Å². The zero-order valence-electron chi connectivity index (χ0n) is 23.4. The number of rotatable bonds is 9. The number of para-hydroxylation sites is 1. The molecule has 3 N–H and O–H groups in total. The van der Waals surface area contributed by atoms with E-state index >= 15 is 0 Å². The normalized spacial score (nSPS) is 21.6. The van der Waals surface area contributed by atoms with Crippen LogP contribution in [0.15, 0.2) is 85.5 Å². The molecule has 1 unspecified atom stereocenters. The van der Waals surface area contributed by atoms with Crippen LogP contribution in [0.1, 0.15) is 28.2 Å². The number of carbonyl (C=O) groups is 3. The van der Waals surface area contributed by atoms with Crippen LogP contribution in [0.3, 0.4) is 0 Å². The van der Waals surface area contributed by atoms with Crippen LogP contribution in [0.25, 0.3) is 0 Å². The second-order valence-corrected chi connectivity index (χ2v) is 11.1. The fourth-order valence-corrected chi connectivity index (χ4v) is 6.36. The first-order valence-corrected chi connectivity index (χ1v) is 14.3. The zero-order chi connectivity index (χ0) is 29.2. The van der Waals surface area contributed by atoms with Crippen LogP contribution in [0.5, 0.6) is 5.75 Å². The molecule has 42 heavy (non-hydrogen) atoms. The predicted molar refractivity (Wildman–Crippen MR) is 159 cm³/mol. The van der Waals surface area contributed by atoms with Gasteiger partial charge in [0, 0.05) is 38.3 Å². The van der Waals surface area contributed by atoms with Crippen LogP contribution in [0, 0.1) is 0 Å². The number of hydrogen-bond donors (Lipinski definition) is 3. The van der Waals surface area contributed by atoms with E-state index in [9.17, 15) is 19.5 Å². The molecule has 0 spiro atoms. The molecule has 0 bridgehead atoms. The predicted octanol–water partition coefficient (Wildman–Crippen LogP) is 2.83. The average Bonchev–Trinajstić information content (AvgIpc) is 3.57. The summed E-state index contributed by atoms with van der Waals surface area (Å²) in [6, 6.07) is 21.8. The maximum Gasteiger partial charge on any atom is 0.246 e. The maximum absolute atomic E-state index is 14.0. The summed E-state index contributed by atoms with van der Waals surface area (Å²) in [4.78, 5) is 45.9. The zero-order valence-corrected chi connectivity index (χ0v) is 23.4. The molecule has 0 saturated carbocycles. The minimum Gasteiger partial charge on any atom is -0.508 e. The minimum absolute atomic E-state index is 0.0366. The summed E-state index contributed by atoms with van der Waals surface area (Å²) in [5.41, 5.74) is 4.67. The Balaban J connectivity index is 1.23. The minimum atomic E-state index is -0.656. The molecule has 216 valence electrons. The van der Waals surface area contributed by atoms with E-state index in [2.05, 4.69) is 22.1 Å². The van der Waals surface area contributed by atoms with Gasteiger partial charge in [-0.3, -0.25) is 19.3 Å². The Morgan fingerprint density at radius 1 is 1.02 bits per heavy atom. The Morgan fingerprint density at radius 3 is 2.57 bits per heavy atom. The van der Waals surface area contributed by atoms with Gasteiger partial charge >= 0.3 is 0 Å². The highest BCUT2D eigenvalue weighted by atomic mass is 16.3. The quantitative estimate of drug-likeness (QED) is 0.345. The smallest absolute Gasteiger partial charge is 0.246 e. The van der Waals surface area contributed by atoms with E-state index in [1.807, 2.05) is 53.4 Å². The number of phenols is 1. The van der Waals surface area contributed by atoms with Gasteiger partial charge in [-0.05, 0) is 34.4 Å². The summed E-state index contributed by atoms with van der Waals surface area (Å²) < 4.78 is 0. The molecule has 3 aromatic carbocycles. The van der Waals surface area contributed by atoms with Crippen molar-refractivity contribution in [3.05, 3.63) is 108 Å². The second-order valence-electron chi connectivity index (χ2n) is 11.1. The van der Waals surface area contributed by atoms with Crippen molar-refractivity contribution < 1.29 is 19.5 Å². The lowest BCUT2D eigenvalue weighted by atomic mass is 9.96. The number of phenolic OH excluding ortho intramolecular Hbond substituents is 1. The third kappa shape index (κ3) is 5.35. The molecule has 3 heterocycles. The van der Waals surface area contributed by atoms with E-state index in [1.165, 1.54) is 0 Å². The number of nitrogens with zero attached hydrogens (tertiary/aromatic N) is 3. The molecule has 3 aliphatic rings. The van der Waals surface area contributed by atoms with Gasteiger partial charge in [0.1, 0.15) is 18.0 Å². The van der Waals surface area contributed by atoms with Crippen molar-refractivity contribution in [3.8, 4) is 5.75 Å². The fourth-order valence-electron chi connectivity index (χ4n) is 6.36. The Morgan fingerprint density at radius 2 is 1.81 bits per heavy atom. The number of fused-ring (bicyclic) bond motifs is 2. The number of amides is 3. The third-order valence-electron chi connectivity index (χ3n) is 8.44. The number of hydrogen-bond acceptors (Lipinski definition) is 6. The number of piperazine rings is 1. The molecule has 0 aliphatic carbocycles. The van der Waals surface area contributed by atoms with Gasteiger partial charge in [0.2, 0.25) is 17.7 Å². The van der Waals surface area contributed by atoms with Crippen LogP contribution < -0.4 is 10.6 Å². The van der Waals surface area contributed by atoms with Crippen molar-refractivity contribution in [2.24, 2.45) is 0 Å². The van der Waals surface area contributed by atoms with E-state index in [1.54, 1.807) is 35.2 Å². The summed E-state index contributed by atoms with van der Waals surface area (Å²) in [6.45, 7) is 6.34. The molecule has 3 amide bonds. The topological polar surface area (TPSA) is 105 Å². The van der Waals surface area contributed by atoms with Crippen molar-refractivity contribution >= 4 is 23.4 Å². The van der Waals surface area contributed by atoms with E-state index < -0.39 is 6.04 Å². The summed E-state index contributed by atoms with van der Waals surface area (Å²) >= 11 is 0. The van der Waals surface area contributed by atoms with Crippen molar-refractivity contribution in [3.63, 3.8) is 0 Å². The summed E-state index contributed by atoms with van der Waals surface area (Å²) in [6.07, 6.45) is 1.88. The van der Waals surface area contributed by atoms with E-state index in [0.29, 0.717) is 39.1 Å². The number of aromatic hydroxyl groups is 1. The van der Waals surface area contributed by atoms with Gasteiger partial charge in [0.25, 0.3) is 0 Å². The molecule has 2 fully saturated rings. The summed E-state index contributed by atoms with van der Waals surface area (Å²) in [5, 5.41) is 16.2. The molecule has 9 heteroatoms. The first kappa shape index (κ1) is 27.5. The molecule has 2 saturated heterocycles. The highest BCUT2D eigenvalue weighted by Crippen LogP contribution is 2.36. The SMILES string of the molecule is C=CCN1CC(=O)N2[C@@H]1CN(Cc1cccc3c1NCC3C(=O)NCc1ccccc1)C(=O)[C@@H]2Cc1ccc(O)cc1. The highest BCUT2D eigenvalue weighted by molar-refractivity contribution is 5.92. The van der Waals surface area contributed by atoms with Crippen LogP contribution in [-0.4, -0.2) is 75.9 Å². The van der Waals surface area contributed by atoms with Gasteiger partial charge in [0.15, 0.2) is 0 Å². The van der Waals surface area contributed by atoms with Crippen molar-refractivity contribution in [1.82, 2.24) is 20.0 Å². The van der Waals surface area contributed by atoms with Gasteiger partial charge in [-0.25, -0.2) is 0 Å². The Kier molecular flexibility index (Phi) is 7.67. The monoisotopic (exact) mass is 565 g/mol. The molecule has 9 nitrogen and oxygen atoms in total. The molecule has 3 atom stereocenters. The lowest BCUT2D eigenvalue weighted by molar-refractivity contribution is -0.153. The lowest BCUT2D eigenvalue weighted by Crippen LogP contribution is -2.63. The van der Waals surface area contributed by atoms with Crippen molar-refractivity contribution in [1.29, 1.82) is 0 Å². The van der Waals surface area contributed by atoms with Gasteiger partial charge in [-0.15, -0.1) is 6.58 Å². The number of benzene rings is 3. The maximum atomic E-state index is 14.0. The van der Waals surface area contributed by atoms with Gasteiger partial charge in [-0.1, -0.05) is 66.7 Å². The Labute approximate surface area is 245 Å². The standard InChI is InChI=1S/C33H35N5O4/c1-2-15-36-21-30(40)38-28(16-22-11-13-25(39)14-12-22)33(42)37(20-29(36)38)19-24-9-6-10-26-27(18-34-31(24)26)32(41)35-17-23-7-4-3-5-8-23/h2-14,27-29,34,39H,1,15-21H2,(H,35,41)/t27?,28-,29+/m0/s1. The van der Waals surface area contributed by atoms with E-state index in [0.717, 1.165) is 27.9 Å². The van der Waals surface area contributed by atoms with Gasteiger partial charge in [0.05, 0.1) is 19.0 Å². The van der Waals surface area contributed by atoms with Crippen molar-refractivity contribution in [2.45, 2.75) is 37.6 Å². The van der Waals surface area contributed by atoms with Gasteiger partial charge < -0.3 is 25.5 Å². The Hall–Kier alpha value is -4.63. The molecule has 0 radical (unpaired) electrons. The third-order valence-corrected chi connectivity index (χ3v) is 8.44. The van der Waals surface area contributed by atoms with Crippen LogP contribution >= 0.6 is 0 Å². The van der Waals surface area contributed by atoms with Crippen LogP contribution in [0.4, 0.5) is 5.69 Å². The average molecular weight is 566 g/mol. The first-order chi connectivity index (χ1) is 20.4. The molecular formula is C33H35N5O4. The summed E-state index contributed by atoms with van der Waals surface area (Å²) in [7, 11) is 0. The molecular weight excluding hydrogens is 530 g/mol. The van der Waals surface area contributed by atoms with Crippen LogP contribution in [0.2, 0.25) is 0 Å². The highest BCUT2D eigenvalue weighted by Gasteiger charge is 2.49. The molecule has 3 aromatic rings. The fraction of sp³-hybridized carbons (Fsp3) is 0.303. The second kappa shape index (κ2) is 11.7. The van der Waals surface area contributed by atoms with E-state index in [-0.39, 0.29) is 42.1 Å². The lowest BCUT2D eigenvalue weighted by Gasteiger charge is -2.44. The number of carbonyl (C=O) groups excluding carboxylic acids is 3. The van der Waals surface area contributed by atoms with Gasteiger partial charge in [-0.2, -0.15) is 0 Å². The summed E-state index contributed by atoms with van der Waals surface area (Å²) in [5.74, 6) is -0.384. The Bertz CT molecular complexity index is 1490. The van der Waals surface area contributed by atoms with Crippen molar-refractivity contribution in [2.75, 3.05) is 31.5 Å². The molecule has 6 rings (SSSR count). The first-order valence-electron chi connectivity index (χ1n) is 14.3. The molecule has 3 aliphatic heterocycles.